The Morgan fingerprint density at radius 2 is 2.00 bits per heavy atom. The molecule has 1 aromatic heterocycles. The van der Waals surface area contributed by atoms with Crippen LogP contribution >= 0.6 is 0 Å². The largest absolute Gasteiger partial charge is 0.416 e. The molecule has 0 fully saturated rings. The molecule has 1 unspecified atom stereocenters. The van der Waals surface area contributed by atoms with Crippen molar-refractivity contribution < 1.29 is 27.5 Å². The molecule has 0 aliphatic heterocycles. The van der Waals surface area contributed by atoms with E-state index in [1.807, 2.05) is 0 Å². The van der Waals surface area contributed by atoms with Crippen LogP contribution in [0.25, 0.3) is 5.69 Å². The number of para-hydroxylation sites is 1. The highest BCUT2D eigenvalue weighted by atomic mass is 19.4. The van der Waals surface area contributed by atoms with Crippen molar-refractivity contribution in [1.29, 1.82) is 0 Å². The van der Waals surface area contributed by atoms with Crippen LogP contribution in [0.5, 0.6) is 0 Å². The predicted octanol–water partition coefficient (Wildman–Crippen LogP) is 2.01. The summed E-state index contributed by atoms with van der Waals surface area (Å²) in [5.41, 5.74) is -0.0605. The van der Waals surface area contributed by atoms with Gasteiger partial charge < -0.3 is 10.0 Å². The number of nitrogens with zero attached hydrogens (tertiary/aromatic N) is 3. The van der Waals surface area contributed by atoms with Crippen molar-refractivity contribution in [3.05, 3.63) is 48.0 Å². The van der Waals surface area contributed by atoms with Gasteiger partial charge in [-0.3, -0.25) is 4.79 Å². The molecule has 0 radical (unpaired) electrons. The lowest BCUT2D eigenvalue weighted by molar-refractivity contribution is -0.205. The van der Waals surface area contributed by atoms with Gasteiger partial charge in [0.25, 0.3) is 5.91 Å². The molecule has 1 amide bonds. The van der Waals surface area contributed by atoms with Crippen molar-refractivity contribution in [2.45, 2.75) is 12.3 Å². The number of aromatic nitrogens is 2. The van der Waals surface area contributed by atoms with Crippen molar-refractivity contribution >= 4 is 5.91 Å². The highest BCUT2D eigenvalue weighted by Gasteiger charge is 2.39. The first kappa shape index (κ1) is 16.9. The Balaban J connectivity index is 2.14. The van der Waals surface area contributed by atoms with Crippen LogP contribution in [0.1, 0.15) is 10.5 Å². The molecule has 0 bridgehead atoms. The molecule has 1 aromatic carbocycles. The van der Waals surface area contributed by atoms with Gasteiger partial charge in [0, 0.05) is 13.2 Å². The van der Waals surface area contributed by atoms with Crippen LogP contribution in [0.15, 0.2) is 36.5 Å². The number of alkyl halides is 3. The number of likely N-dealkylation sites (N-methyl/N-ethyl adjacent to an activating group) is 1. The highest BCUT2D eigenvalue weighted by molar-refractivity contribution is 5.92. The molecule has 0 aliphatic rings. The number of hydrogen-bond donors (Lipinski definition) is 1. The molecule has 0 saturated carbocycles. The van der Waals surface area contributed by atoms with Crippen LogP contribution in [0.3, 0.4) is 0 Å². The lowest BCUT2D eigenvalue weighted by atomic mass is 10.3. The molecule has 2 rings (SSSR count). The molecule has 0 spiro atoms. The molecule has 5 nitrogen and oxygen atoms in total. The minimum atomic E-state index is -4.82. The quantitative estimate of drug-likeness (QED) is 0.872. The molecule has 23 heavy (non-hydrogen) atoms. The van der Waals surface area contributed by atoms with E-state index < -0.39 is 30.5 Å². The predicted molar refractivity (Wildman–Crippen MR) is 72.5 cm³/mol. The molecule has 9 heteroatoms. The van der Waals surface area contributed by atoms with Gasteiger partial charge in [0.05, 0.1) is 6.54 Å². The number of aliphatic hydroxyl groups is 1. The number of halogens is 4. The van der Waals surface area contributed by atoms with Gasteiger partial charge in [-0.1, -0.05) is 12.1 Å². The van der Waals surface area contributed by atoms with E-state index >= 15 is 0 Å². The molecular formula is C14H13F4N3O2. The van der Waals surface area contributed by atoms with E-state index in [2.05, 4.69) is 5.10 Å². The van der Waals surface area contributed by atoms with Crippen LogP contribution in [0, 0.1) is 5.82 Å². The third-order valence-electron chi connectivity index (χ3n) is 3.08. The Labute approximate surface area is 128 Å². The standard InChI is InChI=1S/C14H13F4N3O2/c1-20(8-12(22)14(16,17)18)13(23)10-6-7-21(19-10)11-5-3-2-4-9(11)15/h2-7,12,22H,8H2,1H3. The van der Waals surface area contributed by atoms with Crippen molar-refractivity contribution in [2.24, 2.45) is 0 Å². The maximum Gasteiger partial charge on any atom is 0.416 e. The summed E-state index contributed by atoms with van der Waals surface area (Å²) in [7, 11) is 1.11. The van der Waals surface area contributed by atoms with Crippen molar-refractivity contribution in [1.82, 2.24) is 14.7 Å². The maximum absolute atomic E-state index is 13.6. The van der Waals surface area contributed by atoms with Crippen LogP contribution in [0.2, 0.25) is 0 Å². The summed E-state index contributed by atoms with van der Waals surface area (Å²) in [5, 5.41) is 12.8. The molecule has 1 heterocycles. The minimum Gasteiger partial charge on any atom is -0.382 e. The maximum atomic E-state index is 13.6. The zero-order chi connectivity index (χ0) is 17.2. The monoisotopic (exact) mass is 331 g/mol. The van der Waals surface area contributed by atoms with Gasteiger partial charge in [-0.15, -0.1) is 0 Å². The second-order valence-corrected chi connectivity index (χ2v) is 4.84. The topological polar surface area (TPSA) is 58.4 Å². The fourth-order valence-corrected chi connectivity index (χ4v) is 1.85. The number of hydrogen-bond acceptors (Lipinski definition) is 3. The van der Waals surface area contributed by atoms with Gasteiger partial charge in [0.2, 0.25) is 0 Å². The zero-order valence-corrected chi connectivity index (χ0v) is 12.0. The van der Waals surface area contributed by atoms with E-state index in [4.69, 9.17) is 5.11 Å². The summed E-state index contributed by atoms with van der Waals surface area (Å²) in [4.78, 5) is 12.7. The van der Waals surface area contributed by atoms with Crippen LogP contribution in [-0.2, 0) is 0 Å². The van der Waals surface area contributed by atoms with Crippen molar-refractivity contribution in [3.8, 4) is 5.69 Å². The lowest BCUT2D eigenvalue weighted by Crippen LogP contribution is -2.41. The average molecular weight is 331 g/mol. The van der Waals surface area contributed by atoms with Crippen molar-refractivity contribution in [3.63, 3.8) is 0 Å². The zero-order valence-electron chi connectivity index (χ0n) is 12.0. The average Bonchev–Trinajstić information content (AvgIpc) is 2.95. The number of amides is 1. The third kappa shape index (κ3) is 3.86. The number of carbonyl (C=O) groups is 1. The number of rotatable bonds is 4. The first-order valence-corrected chi connectivity index (χ1v) is 6.51. The molecule has 0 saturated heterocycles. The Kier molecular flexibility index (Phi) is 4.69. The van der Waals surface area contributed by atoms with E-state index in [1.165, 1.54) is 30.5 Å². The van der Waals surface area contributed by atoms with E-state index in [-0.39, 0.29) is 11.4 Å². The molecule has 0 aliphatic carbocycles. The van der Waals surface area contributed by atoms with E-state index in [0.29, 0.717) is 4.90 Å². The Morgan fingerprint density at radius 3 is 2.61 bits per heavy atom. The normalized spacial score (nSPS) is 13.0. The molecule has 1 atom stereocenters. The molecule has 1 N–H and O–H groups in total. The first-order chi connectivity index (χ1) is 10.7. The number of aliphatic hydroxyl groups excluding tert-OH is 1. The van der Waals surface area contributed by atoms with Crippen LogP contribution in [-0.4, -0.2) is 51.6 Å². The SMILES string of the molecule is CN(CC(O)C(F)(F)F)C(=O)c1ccn(-c2ccccc2F)n1. The van der Waals surface area contributed by atoms with E-state index in [0.717, 1.165) is 11.7 Å². The second kappa shape index (κ2) is 6.37. The number of carbonyl (C=O) groups excluding carboxylic acids is 1. The van der Waals surface area contributed by atoms with Gasteiger partial charge in [-0.25, -0.2) is 9.07 Å². The molecular weight excluding hydrogens is 318 g/mol. The first-order valence-electron chi connectivity index (χ1n) is 6.51. The fourth-order valence-electron chi connectivity index (χ4n) is 1.85. The summed E-state index contributed by atoms with van der Waals surface area (Å²) >= 11 is 0. The summed E-state index contributed by atoms with van der Waals surface area (Å²) < 4.78 is 51.6. The van der Waals surface area contributed by atoms with Crippen LogP contribution < -0.4 is 0 Å². The highest BCUT2D eigenvalue weighted by Crippen LogP contribution is 2.21. The smallest absolute Gasteiger partial charge is 0.382 e. The number of benzene rings is 1. The minimum absolute atomic E-state index is 0.101. The fraction of sp³-hybridized carbons (Fsp3) is 0.286. The van der Waals surface area contributed by atoms with Gasteiger partial charge in [-0.2, -0.15) is 18.3 Å². The summed E-state index contributed by atoms with van der Waals surface area (Å²) in [6.07, 6.45) is -6.15. The Hall–Kier alpha value is -2.42. The van der Waals surface area contributed by atoms with E-state index in [1.54, 1.807) is 6.07 Å². The van der Waals surface area contributed by atoms with Gasteiger partial charge in [0.15, 0.2) is 11.8 Å². The summed E-state index contributed by atoms with van der Waals surface area (Å²) in [5.74, 6) is -1.38. The second-order valence-electron chi connectivity index (χ2n) is 4.84. The Bertz CT molecular complexity index is 699. The van der Waals surface area contributed by atoms with Crippen molar-refractivity contribution in [2.75, 3.05) is 13.6 Å². The van der Waals surface area contributed by atoms with E-state index in [9.17, 15) is 22.4 Å². The third-order valence-corrected chi connectivity index (χ3v) is 3.08. The van der Waals surface area contributed by atoms with Gasteiger partial charge in [-0.05, 0) is 18.2 Å². The summed E-state index contributed by atoms with van der Waals surface area (Å²) in [6.45, 7) is -0.922. The van der Waals surface area contributed by atoms with Gasteiger partial charge >= 0.3 is 6.18 Å². The Morgan fingerprint density at radius 1 is 1.35 bits per heavy atom. The summed E-state index contributed by atoms with van der Waals surface area (Å²) in [6, 6.07) is 6.97. The molecule has 124 valence electrons. The van der Waals surface area contributed by atoms with Crippen LogP contribution in [0.4, 0.5) is 17.6 Å². The lowest BCUT2D eigenvalue weighted by Gasteiger charge is -2.21. The molecule has 2 aromatic rings. The van der Waals surface area contributed by atoms with Gasteiger partial charge in [0.1, 0.15) is 11.5 Å².